The van der Waals surface area contributed by atoms with Crippen molar-refractivity contribution in [2.24, 2.45) is 0 Å². The molecule has 0 radical (unpaired) electrons. The van der Waals surface area contributed by atoms with E-state index in [4.69, 9.17) is 4.74 Å². The predicted molar refractivity (Wildman–Crippen MR) is 87.0 cm³/mol. The predicted octanol–water partition coefficient (Wildman–Crippen LogP) is 1.73. The quantitative estimate of drug-likeness (QED) is 0.728. The molecule has 0 spiro atoms. The molecule has 0 aliphatic carbocycles. The lowest BCUT2D eigenvalue weighted by atomic mass is 10.1. The molecule has 0 atom stereocenters. The lowest BCUT2D eigenvalue weighted by Crippen LogP contribution is -2.34. The van der Waals surface area contributed by atoms with Gasteiger partial charge < -0.3 is 20.3 Å². The number of rotatable bonds is 9. The molecule has 0 saturated heterocycles. The van der Waals surface area contributed by atoms with Crippen molar-refractivity contribution >= 4 is 11.6 Å². The Morgan fingerprint density at radius 1 is 1.33 bits per heavy atom. The van der Waals surface area contributed by atoms with Crippen LogP contribution in [0.1, 0.15) is 22.8 Å². The highest BCUT2D eigenvalue weighted by atomic mass is 16.5. The van der Waals surface area contributed by atoms with Gasteiger partial charge in [-0.05, 0) is 44.7 Å². The standard InChI is InChI=1S/C16H27N3O2/c1-5-17-15-7-6-14(12-13(15)2)16(20)18-8-9-19(3)10-11-21-4/h6-7,12,17H,5,8-11H2,1-4H3,(H,18,20). The second-order valence-corrected chi connectivity index (χ2v) is 5.11. The number of aryl methyl sites for hydroxylation is 1. The number of amides is 1. The summed E-state index contributed by atoms with van der Waals surface area (Å²) in [4.78, 5) is 14.2. The number of methoxy groups -OCH3 is 1. The number of nitrogens with zero attached hydrogens (tertiary/aromatic N) is 1. The van der Waals surface area contributed by atoms with E-state index >= 15 is 0 Å². The summed E-state index contributed by atoms with van der Waals surface area (Å²) in [6, 6.07) is 5.73. The molecule has 5 nitrogen and oxygen atoms in total. The fourth-order valence-corrected chi connectivity index (χ4v) is 2.01. The largest absolute Gasteiger partial charge is 0.385 e. The first kappa shape index (κ1) is 17.5. The molecule has 5 heteroatoms. The fourth-order valence-electron chi connectivity index (χ4n) is 2.01. The van der Waals surface area contributed by atoms with Crippen LogP contribution in [0.5, 0.6) is 0 Å². The summed E-state index contributed by atoms with van der Waals surface area (Å²) in [5.41, 5.74) is 2.86. The third kappa shape index (κ3) is 6.14. The average molecular weight is 293 g/mol. The highest BCUT2D eigenvalue weighted by Gasteiger charge is 2.07. The third-order valence-electron chi connectivity index (χ3n) is 3.31. The van der Waals surface area contributed by atoms with Crippen LogP contribution in [0.15, 0.2) is 18.2 Å². The maximum absolute atomic E-state index is 12.1. The maximum atomic E-state index is 12.1. The van der Waals surface area contributed by atoms with Gasteiger partial charge in [0.1, 0.15) is 0 Å². The minimum Gasteiger partial charge on any atom is -0.385 e. The van der Waals surface area contributed by atoms with E-state index in [2.05, 4.69) is 22.5 Å². The zero-order valence-electron chi connectivity index (χ0n) is 13.5. The normalized spacial score (nSPS) is 10.7. The van der Waals surface area contributed by atoms with Gasteiger partial charge in [0.2, 0.25) is 0 Å². The summed E-state index contributed by atoms with van der Waals surface area (Å²) >= 11 is 0. The van der Waals surface area contributed by atoms with Crippen molar-refractivity contribution in [3.8, 4) is 0 Å². The van der Waals surface area contributed by atoms with Gasteiger partial charge in [-0.1, -0.05) is 0 Å². The van der Waals surface area contributed by atoms with Crippen LogP contribution in [0, 0.1) is 6.92 Å². The van der Waals surface area contributed by atoms with Crippen LogP contribution in [-0.2, 0) is 4.74 Å². The number of carbonyl (C=O) groups excluding carboxylic acids is 1. The van der Waals surface area contributed by atoms with Crippen molar-refractivity contribution in [3.63, 3.8) is 0 Å². The smallest absolute Gasteiger partial charge is 0.251 e. The number of anilines is 1. The van der Waals surface area contributed by atoms with Gasteiger partial charge in [-0.3, -0.25) is 4.79 Å². The van der Waals surface area contributed by atoms with Gasteiger partial charge in [0.25, 0.3) is 5.91 Å². The second-order valence-electron chi connectivity index (χ2n) is 5.11. The Bertz CT molecular complexity index is 449. The molecule has 1 aromatic carbocycles. The fraction of sp³-hybridized carbons (Fsp3) is 0.562. The molecule has 0 bridgehead atoms. The van der Waals surface area contributed by atoms with E-state index in [-0.39, 0.29) is 5.91 Å². The van der Waals surface area contributed by atoms with E-state index in [9.17, 15) is 4.79 Å². The molecule has 1 rings (SSSR count). The van der Waals surface area contributed by atoms with Gasteiger partial charge >= 0.3 is 0 Å². The van der Waals surface area contributed by atoms with Crippen LogP contribution >= 0.6 is 0 Å². The van der Waals surface area contributed by atoms with Gasteiger partial charge in [0.15, 0.2) is 0 Å². The van der Waals surface area contributed by atoms with Crippen LogP contribution in [-0.4, -0.2) is 57.8 Å². The van der Waals surface area contributed by atoms with Gasteiger partial charge in [-0.15, -0.1) is 0 Å². The first-order chi connectivity index (χ1) is 10.1. The van der Waals surface area contributed by atoms with E-state index in [1.807, 2.05) is 32.2 Å². The zero-order chi connectivity index (χ0) is 15.7. The number of hydrogen-bond donors (Lipinski definition) is 2. The number of likely N-dealkylation sites (N-methyl/N-ethyl adjacent to an activating group) is 1. The Morgan fingerprint density at radius 3 is 2.71 bits per heavy atom. The van der Waals surface area contributed by atoms with Crippen molar-refractivity contribution in [1.29, 1.82) is 0 Å². The number of hydrogen-bond acceptors (Lipinski definition) is 4. The van der Waals surface area contributed by atoms with Gasteiger partial charge in [-0.25, -0.2) is 0 Å². The Labute approximate surface area is 127 Å². The number of nitrogens with one attached hydrogen (secondary N) is 2. The summed E-state index contributed by atoms with van der Waals surface area (Å²) in [6.07, 6.45) is 0. The summed E-state index contributed by atoms with van der Waals surface area (Å²) in [7, 11) is 3.70. The van der Waals surface area contributed by atoms with E-state index in [1.165, 1.54) is 0 Å². The highest BCUT2D eigenvalue weighted by molar-refractivity contribution is 5.94. The maximum Gasteiger partial charge on any atom is 0.251 e. The average Bonchev–Trinajstić information content (AvgIpc) is 2.47. The highest BCUT2D eigenvalue weighted by Crippen LogP contribution is 2.16. The van der Waals surface area contributed by atoms with Crippen LogP contribution in [0.2, 0.25) is 0 Å². The molecule has 0 fully saturated rings. The molecule has 1 amide bonds. The monoisotopic (exact) mass is 293 g/mol. The summed E-state index contributed by atoms with van der Waals surface area (Å²) in [6.45, 7) is 7.95. The van der Waals surface area contributed by atoms with Crippen molar-refractivity contribution in [3.05, 3.63) is 29.3 Å². The van der Waals surface area contributed by atoms with E-state index in [0.717, 1.165) is 30.9 Å². The first-order valence-corrected chi connectivity index (χ1v) is 7.38. The Balaban J connectivity index is 2.43. The molecular formula is C16H27N3O2. The summed E-state index contributed by atoms with van der Waals surface area (Å²) in [5, 5.41) is 6.21. The molecule has 0 aliphatic rings. The van der Waals surface area contributed by atoms with Crippen molar-refractivity contribution in [2.45, 2.75) is 13.8 Å². The minimum absolute atomic E-state index is 0.0266. The number of ether oxygens (including phenoxy) is 1. The van der Waals surface area contributed by atoms with Crippen LogP contribution in [0.4, 0.5) is 5.69 Å². The first-order valence-electron chi connectivity index (χ1n) is 7.38. The van der Waals surface area contributed by atoms with Gasteiger partial charge in [-0.2, -0.15) is 0 Å². The molecule has 0 aliphatic heterocycles. The zero-order valence-corrected chi connectivity index (χ0v) is 13.5. The summed E-state index contributed by atoms with van der Waals surface area (Å²) < 4.78 is 5.02. The molecule has 0 heterocycles. The molecule has 0 unspecified atom stereocenters. The van der Waals surface area contributed by atoms with Crippen molar-refractivity contribution in [1.82, 2.24) is 10.2 Å². The molecule has 1 aromatic rings. The van der Waals surface area contributed by atoms with Gasteiger partial charge in [0.05, 0.1) is 6.61 Å². The Hall–Kier alpha value is -1.59. The minimum atomic E-state index is -0.0266. The van der Waals surface area contributed by atoms with Crippen molar-refractivity contribution in [2.75, 3.05) is 52.3 Å². The lowest BCUT2D eigenvalue weighted by molar-refractivity contribution is 0.0947. The third-order valence-corrected chi connectivity index (χ3v) is 3.31. The number of benzene rings is 1. The van der Waals surface area contributed by atoms with Crippen LogP contribution in [0.25, 0.3) is 0 Å². The van der Waals surface area contributed by atoms with E-state index in [0.29, 0.717) is 18.7 Å². The second kappa shape index (κ2) is 9.37. The molecular weight excluding hydrogens is 266 g/mol. The van der Waals surface area contributed by atoms with Crippen LogP contribution < -0.4 is 10.6 Å². The molecule has 0 aromatic heterocycles. The molecule has 21 heavy (non-hydrogen) atoms. The SMILES string of the molecule is CCNc1ccc(C(=O)NCCN(C)CCOC)cc1C. The van der Waals surface area contributed by atoms with E-state index < -0.39 is 0 Å². The molecule has 2 N–H and O–H groups in total. The Kier molecular flexibility index (Phi) is 7.79. The molecule has 0 saturated carbocycles. The van der Waals surface area contributed by atoms with Crippen molar-refractivity contribution < 1.29 is 9.53 Å². The summed E-state index contributed by atoms with van der Waals surface area (Å²) in [5.74, 6) is -0.0266. The van der Waals surface area contributed by atoms with Crippen LogP contribution in [0.3, 0.4) is 0 Å². The Morgan fingerprint density at radius 2 is 2.10 bits per heavy atom. The lowest BCUT2D eigenvalue weighted by Gasteiger charge is -2.16. The van der Waals surface area contributed by atoms with Gasteiger partial charge in [0, 0.05) is 44.5 Å². The number of carbonyl (C=O) groups is 1. The molecule has 118 valence electrons. The topological polar surface area (TPSA) is 53.6 Å². The van der Waals surface area contributed by atoms with E-state index in [1.54, 1.807) is 7.11 Å².